The molecule has 2 heterocycles. The van der Waals surface area contributed by atoms with Gasteiger partial charge in [-0.05, 0) is 55.3 Å². The third-order valence-corrected chi connectivity index (χ3v) is 5.26. The van der Waals surface area contributed by atoms with E-state index in [0.29, 0.717) is 5.92 Å². The molecule has 1 N–H and O–H groups in total. The third-order valence-electron chi connectivity index (χ3n) is 5.26. The molecule has 1 aliphatic rings. The molecule has 4 nitrogen and oxygen atoms in total. The maximum atomic E-state index is 5.22. The molecular formula is C22H25N3O. The summed E-state index contributed by atoms with van der Waals surface area (Å²) in [5.41, 5.74) is 4.79. The summed E-state index contributed by atoms with van der Waals surface area (Å²) in [5, 5.41) is 7.78. The fourth-order valence-electron chi connectivity index (χ4n) is 3.68. The number of hydrogen-bond acceptors (Lipinski definition) is 3. The highest BCUT2D eigenvalue weighted by Crippen LogP contribution is 2.29. The van der Waals surface area contributed by atoms with Crippen LogP contribution in [0.2, 0.25) is 0 Å². The minimum atomic E-state index is 0.547. The van der Waals surface area contributed by atoms with Crippen LogP contribution in [0.1, 0.15) is 23.6 Å². The number of likely N-dealkylation sites (tertiary alicyclic amines) is 1. The lowest BCUT2D eigenvalue weighted by Gasteiger charge is -2.15. The second-order valence-electron chi connectivity index (χ2n) is 6.96. The average molecular weight is 347 g/mol. The van der Waals surface area contributed by atoms with Crippen LogP contribution < -0.4 is 4.74 Å². The molecule has 2 aromatic carbocycles. The van der Waals surface area contributed by atoms with Crippen molar-refractivity contribution in [1.82, 2.24) is 15.1 Å². The molecule has 0 aliphatic carbocycles. The molecular weight excluding hydrogens is 322 g/mol. The van der Waals surface area contributed by atoms with E-state index in [1.165, 1.54) is 17.7 Å². The first-order chi connectivity index (χ1) is 12.8. The molecule has 1 saturated heterocycles. The molecule has 0 amide bonds. The van der Waals surface area contributed by atoms with E-state index in [2.05, 4.69) is 63.6 Å². The van der Waals surface area contributed by atoms with Gasteiger partial charge in [0.1, 0.15) is 5.75 Å². The van der Waals surface area contributed by atoms with Gasteiger partial charge >= 0.3 is 0 Å². The Labute approximate surface area is 154 Å². The van der Waals surface area contributed by atoms with Crippen LogP contribution in [0.3, 0.4) is 0 Å². The van der Waals surface area contributed by atoms with Crippen molar-refractivity contribution >= 4 is 0 Å². The summed E-state index contributed by atoms with van der Waals surface area (Å²) in [6.07, 6.45) is 2.31. The van der Waals surface area contributed by atoms with Crippen molar-refractivity contribution in [2.24, 2.45) is 0 Å². The summed E-state index contributed by atoms with van der Waals surface area (Å²) in [6.45, 7) is 3.39. The van der Waals surface area contributed by atoms with Crippen LogP contribution in [0.25, 0.3) is 11.3 Å². The molecule has 0 radical (unpaired) electrons. The average Bonchev–Trinajstić information content (AvgIpc) is 3.37. The Morgan fingerprint density at radius 1 is 1.12 bits per heavy atom. The number of methoxy groups -OCH3 is 1. The van der Waals surface area contributed by atoms with Crippen LogP contribution in [0, 0.1) is 0 Å². The van der Waals surface area contributed by atoms with Gasteiger partial charge in [-0.15, -0.1) is 0 Å². The molecule has 1 fully saturated rings. The number of H-pyrrole nitrogens is 1. The van der Waals surface area contributed by atoms with Crippen molar-refractivity contribution in [3.05, 3.63) is 71.9 Å². The Morgan fingerprint density at radius 2 is 1.92 bits per heavy atom. The van der Waals surface area contributed by atoms with Gasteiger partial charge in [0.05, 0.1) is 12.8 Å². The molecule has 1 atom stereocenters. The van der Waals surface area contributed by atoms with Crippen molar-refractivity contribution in [1.29, 1.82) is 0 Å². The first-order valence-electron chi connectivity index (χ1n) is 9.28. The SMILES string of the molecule is COc1ccc(-c2cc([C@H]3CCN(CCc4ccccc4)C3)[nH]n2)cc1. The van der Waals surface area contributed by atoms with Crippen LogP contribution in [0.5, 0.6) is 5.75 Å². The molecule has 1 aromatic heterocycles. The standard InChI is InChI=1S/C22H25N3O/c1-26-20-9-7-18(8-10-20)21-15-22(24-23-21)19-12-14-25(16-19)13-11-17-5-3-2-4-6-17/h2-10,15,19H,11-14,16H2,1H3,(H,23,24)/t19-/m0/s1. The van der Waals surface area contributed by atoms with Gasteiger partial charge in [-0.1, -0.05) is 30.3 Å². The van der Waals surface area contributed by atoms with Crippen LogP contribution in [0.4, 0.5) is 0 Å². The molecule has 0 bridgehead atoms. The van der Waals surface area contributed by atoms with Gasteiger partial charge in [-0.3, -0.25) is 5.10 Å². The largest absolute Gasteiger partial charge is 0.497 e. The molecule has 134 valence electrons. The van der Waals surface area contributed by atoms with Crippen molar-refractivity contribution in [3.63, 3.8) is 0 Å². The first kappa shape index (κ1) is 16.9. The highest BCUT2D eigenvalue weighted by atomic mass is 16.5. The zero-order valence-electron chi connectivity index (χ0n) is 15.2. The fraction of sp³-hybridized carbons (Fsp3) is 0.318. The Bertz CT molecular complexity index is 826. The normalized spacial score (nSPS) is 17.5. The Morgan fingerprint density at radius 3 is 2.69 bits per heavy atom. The first-order valence-corrected chi connectivity index (χ1v) is 9.28. The number of nitrogens with one attached hydrogen (secondary N) is 1. The molecule has 4 heteroatoms. The monoisotopic (exact) mass is 347 g/mol. The predicted molar refractivity (Wildman–Crippen MR) is 105 cm³/mol. The van der Waals surface area contributed by atoms with Gasteiger partial charge in [0.15, 0.2) is 0 Å². The Balaban J connectivity index is 1.36. The summed E-state index contributed by atoms with van der Waals surface area (Å²) >= 11 is 0. The summed E-state index contributed by atoms with van der Waals surface area (Å²) in [5.74, 6) is 1.42. The van der Waals surface area contributed by atoms with Crippen molar-refractivity contribution in [2.75, 3.05) is 26.7 Å². The number of aromatic nitrogens is 2. The van der Waals surface area contributed by atoms with E-state index in [-0.39, 0.29) is 0 Å². The predicted octanol–water partition coefficient (Wildman–Crippen LogP) is 4.12. The van der Waals surface area contributed by atoms with E-state index in [0.717, 1.165) is 43.1 Å². The quantitative estimate of drug-likeness (QED) is 0.729. The fourth-order valence-corrected chi connectivity index (χ4v) is 3.68. The number of ether oxygens (including phenoxy) is 1. The maximum absolute atomic E-state index is 5.22. The Hall–Kier alpha value is -2.59. The number of rotatable bonds is 6. The van der Waals surface area contributed by atoms with E-state index >= 15 is 0 Å². The number of nitrogens with zero attached hydrogens (tertiary/aromatic N) is 2. The molecule has 4 rings (SSSR count). The maximum Gasteiger partial charge on any atom is 0.118 e. The van der Waals surface area contributed by atoms with Crippen LogP contribution in [-0.2, 0) is 6.42 Å². The minimum absolute atomic E-state index is 0.547. The van der Waals surface area contributed by atoms with E-state index in [4.69, 9.17) is 4.74 Å². The number of hydrogen-bond donors (Lipinski definition) is 1. The van der Waals surface area contributed by atoms with Crippen LogP contribution in [-0.4, -0.2) is 41.8 Å². The lowest BCUT2D eigenvalue weighted by molar-refractivity contribution is 0.338. The van der Waals surface area contributed by atoms with Gasteiger partial charge < -0.3 is 9.64 Å². The number of benzene rings is 2. The van der Waals surface area contributed by atoms with Crippen LogP contribution in [0.15, 0.2) is 60.7 Å². The number of aromatic amines is 1. The van der Waals surface area contributed by atoms with E-state index in [1.807, 2.05) is 12.1 Å². The molecule has 0 unspecified atom stereocenters. The van der Waals surface area contributed by atoms with E-state index < -0.39 is 0 Å². The van der Waals surface area contributed by atoms with Crippen molar-refractivity contribution in [2.45, 2.75) is 18.8 Å². The summed E-state index contributed by atoms with van der Waals surface area (Å²) < 4.78 is 5.22. The lowest BCUT2D eigenvalue weighted by atomic mass is 10.0. The highest BCUT2D eigenvalue weighted by molar-refractivity contribution is 5.60. The van der Waals surface area contributed by atoms with Gasteiger partial charge in [0.25, 0.3) is 0 Å². The third kappa shape index (κ3) is 3.81. The topological polar surface area (TPSA) is 41.1 Å². The zero-order valence-corrected chi connectivity index (χ0v) is 15.2. The van der Waals surface area contributed by atoms with Gasteiger partial charge in [0.2, 0.25) is 0 Å². The van der Waals surface area contributed by atoms with Gasteiger partial charge in [0, 0.05) is 30.3 Å². The summed E-state index contributed by atoms with van der Waals surface area (Å²) in [7, 11) is 1.69. The summed E-state index contributed by atoms with van der Waals surface area (Å²) in [6, 6.07) is 21.0. The molecule has 3 aromatic rings. The molecule has 26 heavy (non-hydrogen) atoms. The second kappa shape index (κ2) is 7.75. The van der Waals surface area contributed by atoms with E-state index in [1.54, 1.807) is 7.11 Å². The Kier molecular flexibility index (Phi) is 5.02. The summed E-state index contributed by atoms with van der Waals surface area (Å²) in [4.78, 5) is 2.56. The van der Waals surface area contributed by atoms with Crippen molar-refractivity contribution in [3.8, 4) is 17.0 Å². The second-order valence-corrected chi connectivity index (χ2v) is 6.96. The molecule has 0 spiro atoms. The zero-order chi connectivity index (χ0) is 17.8. The highest BCUT2D eigenvalue weighted by Gasteiger charge is 2.25. The van der Waals surface area contributed by atoms with Crippen molar-refractivity contribution < 1.29 is 4.74 Å². The van der Waals surface area contributed by atoms with E-state index in [9.17, 15) is 0 Å². The minimum Gasteiger partial charge on any atom is -0.497 e. The van der Waals surface area contributed by atoms with Crippen LogP contribution >= 0.6 is 0 Å². The van der Waals surface area contributed by atoms with Gasteiger partial charge in [-0.25, -0.2) is 0 Å². The lowest BCUT2D eigenvalue weighted by Crippen LogP contribution is -2.23. The smallest absolute Gasteiger partial charge is 0.118 e. The van der Waals surface area contributed by atoms with Gasteiger partial charge in [-0.2, -0.15) is 5.10 Å². The molecule has 1 aliphatic heterocycles. The molecule has 0 saturated carbocycles.